The average Bonchev–Trinajstić information content (AvgIpc) is 2.86. The standard InChI is InChI=1S/C15H18BrNO2/c1-3-9-17-14(13-8-10-19-15(13)16)11-4-6-12(18-2)7-5-11/h4-8,10,14,17H,3,9H2,1-2H3. The summed E-state index contributed by atoms with van der Waals surface area (Å²) in [5, 5.41) is 3.54. The van der Waals surface area contributed by atoms with Crippen LogP contribution in [0.3, 0.4) is 0 Å². The van der Waals surface area contributed by atoms with Crippen molar-refractivity contribution in [2.45, 2.75) is 19.4 Å². The van der Waals surface area contributed by atoms with Gasteiger partial charge in [0, 0.05) is 5.56 Å². The molecule has 4 heteroatoms. The second-order valence-corrected chi connectivity index (χ2v) is 5.03. The molecule has 2 rings (SSSR count). The van der Waals surface area contributed by atoms with Crippen LogP contribution in [0.2, 0.25) is 0 Å². The minimum atomic E-state index is 0.124. The lowest BCUT2D eigenvalue weighted by Crippen LogP contribution is -2.23. The van der Waals surface area contributed by atoms with Gasteiger partial charge in [0.1, 0.15) is 5.75 Å². The monoisotopic (exact) mass is 323 g/mol. The lowest BCUT2D eigenvalue weighted by Gasteiger charge is -2.18. The Balaban J connectivity index is 2.28. The number of benzene rings is 1. The molecule has 0 amide bonds. The maximum absolute atomic E-state index is 5.34. The van der Waals surface area contributed by atoms with Crippen molar-refractivity contribution in [2.75, 3.05) is 13.7 Å². The number of methoxy groups -OCH3 is 1. The van der Waals surface area contributed by atoms with E-state index in [9.17, 15) is 0 Å². The molecule has 102 valence electrons. The number of nitrogens with one attached hydrogen (secondary N) is 1. The smallest absolute Gasteiger partial charge is 0.174 e. The molecule has 0 fully saturated rings. The first-order valence-corrected chi connectivity index (χ1v) is 7.15. The highest BCUT2D eigenvalue weighted by atomic mass is 79.9. The zero-order chi connectivity index (χ0) is 13.7. The summed E-state index contributed by atoms with van der Waals surface area (Å²) < 4.78 is 11.3. The second-order valence-electron chi connectivity index (χ2n) is 4.31. The maximum Gasteiger partial charge on any atom is 0.174 e. The third kappa shape index (κ3) is 3.39. The maximum atomic E-state index is 5.34. The molecular formula is C15H18BrNO2. The normalized spacial score (nSPS) is 12.4. The van der Waals surface area contributed by atoms with Gasteiger partial charge >= 0.3 is 0 Å². The van der Waals surface area contributed by atoms with Crippen molar-refractivity contribution >= 4 is 15.9 Å². The summed E-state index contributed by atoms with van der Waals surface area (Å²) in [4.78, 5) is 0. The van der Waals surface area contributed by atoms with Crippen LogP contribution >= 0.6 is 15.9 Å². The minimum absolute atomic E-state index is 0.124. The van der Waals surface area contributed by atoms with Crippen LogP contribution in [0.5, 0.6) is 5.75 Å². The molecule has 1 N–H and O–H groups in total. The van der Waals surface area contributed by atoms with Gasteiger partial charge < -0.3 is 14.5 Å². The van der Waals surface area contributed by atoms with E-state index in [1.807, 2.05) is 18.2 Å². The first-order chi connectivity index (χ1) is 9.26. The SMILES string of the molecule is CCCNC(c1ccc(OC)cc1)c1ccoc1Br. The Kier molecular flexibility index (Phi) is 5.05. The summed E-state index contributed by atoms with van der Waals surface area (Å²) in [6, 6.07) is 10.2. The van der Waals surface area contributed by atoms with E-state index in [1.165, 1.54) is 5.56 Å². The molecule has 0 bridgehead atoms. The first kappa shape index (κ1) is 14.2. The topological polar surface area (TPSA) is 34.4 Å². The van der Waals surface area contributed by atoms with Gasteiger partial charge in [0.2, 0.25) is 0 Å². The second kappa shape index (κ2) is 6.78. The number of hydrogen-bond donors (Lipinski definition) is 1. The van der Waals surface area contributed by atoms with Crippen molar-refractivity contribution in [1.82, 2.24) is 5.32 Å². The largest absolute Gasteiger partial charge is 0.497 e. The van der Waals surface area contributed by atoms with Gasteiger partial charge in [0.25, 0.3) is 0 Å². The van der Waals surface area contributed by atoms with E-state index in [0.717, 1.165) is 28.9 Å². The van der Waals surface area contributed by atoms with Gasteiger partial charge in [-0.3, -0.25) is 0 Å². The fourth-order valence-electron chi connectivity index (χ4n) is 2.00. The van der Waals surface area contributed by atoms with Gasteiger partial charge in [-0.25, -0.2) is 0 Å². The van der Waals surface area contributed by atoms with E-state index in [0.29, 0.717) is 0 Å². The van der Waals surface area contributed by atoms with Crippen molar-refractivity contribution in [3.8, 4) is 5.75 Å². The molecule has 0 spiro atoms. The molecule has 1 aromatic carbocycles. The van der Waals surface area contributed by atoms with E-state index in [1.54, 1.807) is 13.4 Å². The fourth-order valence-corrected chi connectivity index (χ4v) is 2.47. The molecule has 3 nitrogen and oxygen atoms in total. The van der Waals surface area contributed by atoms with Crippen molar-refractivity contribution in [3.63, 3.8) is 0 Å². The predicted octanol–water partition coefficient (Wildman–Crippen LogP) is 4.14. The molecule has 0 aliphatic heterocycles. The third-order valence-corrected chi connectivity index (χ3v) is 3.65. The van der Waals surface area contributed by atoms with Crippen molar-refractivity contribution in [1.29, 1.82) is 0 Å². The number of hydrogen-bond acceptors (Lipinski definition) is 3. The molecule has 1 aromatic heterocycles. The van der Waals surface area contributed by atoms with Crippen LogP contribution in [-0.4, -0.2) is 13.7 Å². The summed E-state index contributed by atoms with van der Waals surface area (Å²) >= 11 is 3.45. The van der Waals surface area contributed by atoms with Gasteiger partial charge in [-0.15, -0.1) is 0 Å². The number of furan rings is 1. The van der Waals surface area contributed by atoms with Gasteiger partial charge in [0.05, 0.1) is 19.4 Å². The van der Waals surface area contributed by atoms with Crippen molar-refractivity contribution in [2.24, 2.45) is 0 Å². The summed E-state index contributed by atoms with van der Waals surface area (Å²) in [6.45, 7) is 3.11. The Bertz CT molecular complexity index is 507. The molecule has 0 aliphatic carbocycles. The summed E-state index contributed by atoms with van der Waals surface area (Å²) in [7, 11) is 1.68. The van der Waals surface area contributed by atoms with E-state index in [2.05, 4.69) is 40.3 Å². The molecule has 0 radical (unpaired) electrons. The van der Waals surface area contributed by atoms with Crippen LogP contribution in [0.4, 0.5) is 0 Å². The highest BCUT2D eigenvalue weighted by molar-refractivity contribution is 9.10. The molecule has 1 atom stereocenters. The Morgan fingerprint density at radius 2 is 2.00 bits per heavy atom. The van der Waals surface area contributed by atoms with Crippen LogP contribution in [0, 0.1) is 0 Å². The Morgan fingerprint density at radius 1 is 1.26 bits per heavy atom. The quantitative estimate of drug-likeness (QED) is 0.867. The predicted molar refractivity (Wildman–Crippen MR) is 79.5 cm³/mol. The molecule has 0 saturated heterocycles. The van der Waals surface area contributed by atoms with E-state index in [4.69, 9.17) is 9.15 Å². The Morgan fingerprint density at radius 3 is 2.53 bits per heavy atom. The van der Waals surface area contributed by atoms with Crippen LogP contribution in [-0.2, 0) is 0 Å². The van der Waals surface area contributed by atoms with Crippen molar-refractivity contribution in [3.05, 3.63) is 52.4 Å². The molecule has 0 aliphatic rings. The average molecular weight is 324 g/mol. The third-order valence-electron chi connectivity index (χ3n) is 3.00. The Hall–Kier alpha value is -1.26. The minimum Gasteiger partial charge on any atom is -0.497 e. The van der Waals surface area contributed by atoms with Crippen molar-refractivity contribution < 1.29 is 9.15 Å². The first-order valence-electron chi connectivity index (χ1n) is 6.36. The summed E-state index contributed by atoms with van der Waals surface area (Å²) in [5.41, 5.74) is 2.30. The van der Waals surface area contributed by atoms with Crippen LogP contribution < -0.4 is 10.1 Å². The van der Waals surface area contributed by atoms with Gasteiger partial charge in [-0.2, -0.15) is 0 Å². The van der Waals surface area contributed by atoms with E-state index >= 15 is 0 Å². The zero-order valence-electron chi connectivity index (χ0n) is 11.2. The van der Waals surface area contributed by atoms with Crippen LogP contribution in [0.15, 0.2) is 45.7 Å². The zero-order valence-corrected chi connectivity index (χ0v) is 12.7. The van der Waals surface area contributed by atoms with Crippen LogP contribution in [0.25, 0.3) is 0 Å². The number of rotatable bonds is 6. The van der Waals surface area contributed by atoms with Gasteiger partial charge in [-0.1, -0.05) is 19.1 Å². The summed E-state index contributed by atoms with van der Waals surface area (Å²) in [6.07, 6.45) is 2.78. The molecule has 2 aromatic rings. The van der Waals surface area contributed by atoms with E-state index < -0.39 is 0 Å². The molecular weight excluding hydrogens is 306 g/mol. The highest BCUT2D eigenvalue weighted by Crippen LogP contribution is 2.30. The number of halogens is 1. The van der Waals surface area contributed by atoms with Crippen LogP contribution in [0.1, 0.15) is 30.5 Å². The number of ether oxygens (including phenoxy) is 1. The molecule has 1 unspecified atom stereocenters. The van der Waals surface area contributed by atoms with Gasteiger partial charge in [0.15, 0.2) is 4.67 Å². The summed E-state index contributed by atoms with van der Waals surface area (Å²) in [5.74, 6) is 0.865. The molecule has 0 saturated carbocycles. The molecule has 19 heavy (non-hydrogen) atoms. The fraction of sp³-hybridized carbons (Fsp3) is 0.333. The molecule has 1 heterocycles. The Labute approximate surface area is 122 Å². The van der Waals surface area contributed by atoms with Gasteiger partial charge in [-0.05, 0) is 52.7 Å². The lowest BCUT2D eigenvalue weighted by atomic mass is 10.0. The lowest BCUT2D eigenvalue weighted by molar-refractivity contribution is 0.414. The highest BCUT2D eigenvalue weighted by Gasteiger charge is 2.18. The van der Waals surface area contributed by atoms with E-state index in [-0.39, 0.29) is 6.04 Å².